The fraction of sp³-hybridized carbons (Fsp3) is 0.286. The molecule has 0 saturated carbocycles. The van der Waals surface area contributed by atoms with E-state index in [9.17, 15) is 4.39 Å². The predicted octanol–water partition coefficient (Wildman–Crippen LogP) is 5.14. The van der Waals surface area contributed by atoms with Gasteiger partial charge in [-0.1, -0.05) is 18.2 Å². The van der Waals surface area contributed by atoms with Crippen molar-refractivity contribution in [3.05, 3.63) is 56.5 Å². The number of benzene rings is 1. The van der Waals surface area contributed by atoms with Gasteiger partial charge in [0.15, 0.2) is 0 Å². The number of hydrogen-bond donors (Lipinski definition) is 0. The average Bonchev–Trinajstić information content (AvgIpc) is 2.61. The Kier molecular flexibility index (Phi) is 3.55. The van der Waals surface area contributed by atoms with Crippen LogP contribution in [0.5, 0.6) is 0 Å². The van der Waals surface area contributed by atoms with Crippen molar-refractivity contribution in [1.82, 2.24) is 0 Å². The van der Waals surface area contributed by atoms with Gasteiger partial charge in [-0.25, -0.2) is 4.39 Å². The summed E-state index contributed by atoms with van der Waals surface area (Å²) in [5, 5.41) is -0.403. The molecule has 0 aliphatic rings. The zero-order valence-electron chi connectivity index (χ0n) is 10.1. The molecule has 90 valence electrons. The first-order valence-electron chi connectivity index (χ1n) is 5.46. The van der Waals surface area contributed by atoms with Crippen LogP contribution in [0.15, 0.2) is 24.3 Å². The van der Waals surface area contributed by atoms with Crippen LogP contribution in [0.2, 0.25) is 0 Å². The maximum Gasteiger partial charge on any atom is 0.131 e. The number of aryl methyl sites for hydroxylation is 3. The van der Waals surface area contributed by atoms with Gasteiger partial charge in [-0.15, -0.1) is 22.9 Å². The maximum atomic E-state index is 14.0. The molecule has 0 radical (unpaired) electrons. The molecule has 1 aromatic heterocycles. The molecule has 0 bridgehead atoms. The predicted molar refractivity (Wildman–Crippen MR) is 72.6 cm³/mol. The highest BCUT2D eigenvalue weighted by Gasteiger charge is 2.19. The van der Waals surface area contributed by atoms with Crippen LogP contribution >= 0.6 is 22.9 Å². The zero-order chi connectivity index (χ0) is 12.6. The third-order valence-electron chi connectivity index (χ3n) is 2.85. The topological polar surface area (TPSA) is 0 Å². The summed E-state index contributed by atoms with van der Waals surface area (Å²) in [6, 6.07) is 7.40. The quantitative estimate of drug-likeness (QED) is 0.662. The molecule has 1 atom stereocenters. The molecule has 0 N–H and O–H groups in total. The Labute approximate surface area is 110 Å². The van der Waals surface area contributed by atoms with E-state index in [2.05, 4.69) is 0 Å². The Bertz CT molecular complexity index is 545. The molecule has 0 aliphatic carbocycles. The van der Waals surface area contributed by atoms with Gasteiger partial charge in [0, 0.05) is 15.3 Å². The lowest BCUT2D eigenvalue weighted by atomic mass is 10.0. The molecule has 0 spiro atoms. The van der Waals surface area contributed by atoms with Crippen molar-refractivity contribution in [2.24, 2.45) is 0 Å². The molecule has 0 fully saturated rings. The fourth-order valence-electron chi connectivity index (χ4n) is 1.94. The molecule has 0 aliphatic heterocycles. The van der Waals surface area contributed by atoms with E-state index in [0.717, 1.165) is 10.4 Å². The highest BCUT2D eigenvalue weighted by molar-refractivity contribution is 7.12. The van der Waals surface area contributed by atoms with Gasteiger partial charge in [-0.2, -0.15) is 0 Å². The van der Waals surface area contributed by atoms with E-state index < -0.39 is 5.38 Å². The lowest BCUT2D eigenvalue weighted by Gasteiger charge is -2.12. The van der Waals surface area contributed by atoms with Crippen molar-refractivity contribution < 1.29 is 4.39 Å². The van der Waals surface area contributed by atoms with Crippen molar-refractivity contribution in [1.29, 1.82) is 0 Å². The lowest BCUT2D eigenvalue weighted by Crippen LogP contribution is -1.98. The zero-order valence-corrected chi connectivity index (χ0v) is 11.6. The minimum atomic E-state index is -0.403. The normalized spacial score (nSPS) is 12.8. The van der Waals surface area contributed by atoms with E-state index in [1.807, 2.05) is 26.0 Å². The summed E-state index contributed by atoms with van der Waals surface area (Å²) in [4.78, 5) is 2.36. The first kappa shape index (κ1) is 12.6. The Morgan fingerprint density at radius 3 is 2.47 bits per heavy atom. The van der Waals surface area contributed by atoms with Crippen molar-refractivity contribution in [3.63, 3.8) is 0 Å². The summed E-state index contributed by atoms with van der Waals surface area (Å²) in [6.07, 6.45) is 0. The standard InChI is InChI=1S/C14H14ClFS/c1-8-5-4-6-11(14(8)16)13(15)12-7-9(2)17-10(12)3/h4-7,13H,1-3H3. The molecule has 0 saturated heterocycles. The van der Waals surface area contributed by atoms with E-state index in [1.165, 1.54) is 4.88 Å². The van der Waals surface area contributed by atoms with Crippen molar-refractivity contribution in [2.75, 3.05) is 0 Å². The Balaban J connectivity index is 2.47. The summed E-state index contributed by atoms with van der Waals surface area (Å²) < 4.78 is 14.0. The average molecular weight is 269 g/mol. The smallest absolute Gasteiger partial charge is 0.131 e. The van der Waals surface area contributed by atoms with Crippen molar-refractivity contribution in [2.45, 2.75) is 26.1 Å². The summed E-state index contributed by atoms with van der Waals surface area (Å²) in [5.74, 6) is -0.198. The van der Waals surface area contributed by atoms with Gasteiger partial charge in [-0.05, 0) is 38.0 Å². The minimum Gasteiger partial charge on any atom is -0.206 e. The maximum absolute atomic E-state index is 14.0. The van der Waals surface area contributed by atoms with Gasteiger partial charge in [0.05, 0.1) is 5.38 Å². The molecule has 3 heteroatoms. The third-order valence-corrected chi connectivity index (χ3v) is 4.30. The Hall–Kier alpha value is -0.860. The molecule has 1 aromatic carbocycles. The highest BCUT2D eigenvalue weighted by atomic mass is 35.5. The van der Waals surface area contributed by atoms with E-state index >= 15 is 0 Å². The van der Waals surface area contributed by atoms with E-state index in [0.29, 0.717) is 11.1 Å². The number of rotatable bonds is 2. The van der Waals surface area contributed by atoms with Crippen LogP contribution in [0, 0.1) is 26.6 Å². The molecule has 17 heavy (non-hydrogen) atoms. The number of halogens is 2. The van der Waals surface area contributed by atoms with E-state index in [4.69, 9.17) is 11.6 Å². The molecular weight excluding hydrogens is 255 g/mol. The highest BCUT2D eigenvalue weighted by Crippen LogP contribution is 2.36. The summed E-state index contributed by atoms with van der Waals surface area (Å²) >= 11 is 8.09. The van der Waals surface area contributed by atoms with Crippen LogP contribution in [-0.4, -0.2) is 0 Å². The first-order chi connectivity index (χ1) is 8.00. The van der Waals surface area contributed by atoms with Crippen LogP contribution in [0.4, 0.5) is 4.39 Å². The van der Waals surface area contributed by atoms with E-state index in [-0.39, 0.29) is 5.82 Å². The molecular formula is C14H14ClFS. The van der Waals surface area contributed by atoms with Gasteiger partial charge in [-0.3, -0.25) is 0 Å². The van der Waals surface area contributed by atoms with Crippen LogP contribution in [0.1, 0.15) is 31.8 Å². The molecule has 0 nitrogen and oxygen atoms in total. The molecule has 2 rings (SSSR count). The number of alkyl halides is 1. The second kappa shape index (κ2) is 4.79. The second-order valence-corrected chi connectivity index (χ2v) is 6.11. The van der Waals surface area contributed by atoms with E-state index in [1.54, 1.807) is 30.4 Å². The number of thiophene rings is 1. The Morgan fingerprint density at radius 1 is 1.18 bits per heavy atom. The summed E-state index contributed by atoms with van der Waals surface area (Å²) in [6.45, 7) is 5.82. The largest absolute Gasteiger partial charge is 0.206 e. The SMILES string of the molecule is Cc1cc(C(Cl)c2cccc(C)c2F)c(C)s1. The third kappa shape index (κ3) is 2.38. The van der Waals surface area contributed by atoms with Crippen LogP contribution < -0.4 is 0 Å². The van der Waals surface area contributed by atoms with Crippen molar-refractivity contribution >= 4 is 22.9 Å². The first-order valence-corrected chi connectivity index (χ1v) is 6.72. The summed E-state index contributed by atoms with van der Waals surface area (Å²) in [7, 11) is 0. The van der Waals surface area contributed by atoms with Gasteiger partial charge >= 0.3 is 0 Å². The molecule has 1 unspecified atom stereocenters. The molecule has 1 heterocycles. The fourth-order valence-corrected chi connectivity index (χ4v) is 3.36. The second-order valence-electron chi connectivity index (χ2n) is 4.21. The summed E-state index contributed by atoms with van der Waals surface area (Å²) in [5.41, 5.74) is 2.21. The Morgan fingerprint density at radius 2 is 1.88 bits per heavy atom. The van der Waals surface area contributed by atoms with Crippen LogP contribution in [0.25, 0.3) is 0 Å². The van der Waals surface area contributed by atoms with Gasteiger partial charge < -0.3 is 0 Å². The van der Waals surface area contributed by atoms with Gasteiger partial charge in [0.25, 0.3) is 0 Å². The van der Waals surface area contributed by atoms with Gasteiger partial charge in [0.2, 0.25) is 0 Å². The number of hydrogen-bond acceptors (Lipinski definition) is 1. The molecule has 2 aromatic rings. The molecule has 0 amide bonds. The van der Waals surface area contributed by atoms with Gasteiger partial charge in [0.1, 0.15) is 5.82 Å². The minimum absolute atomic E-state index is 0.198. The van der Waals surface area contributed by atoms with Crippen molar-refractivity contribution in [3.8, 4) is 0 Å². The lowest BCUT2D eigenvalue weighted by molar-refractivity contribution is 0.603. The monoisotopic (exact) mass is 268 g/mol. The van der Waals surface area contributed by atoms with Crippen LogP contribution in [0.3, 0.4) is 0 Å². The van der Waals surface area contributed by atoms with Crippen LogP contribution in [-0.2, 0) is 0 Å².